The average Bonchev–Trinajstić information content (AvgIpc) is 2.59. The van der Waals surface area contributed by atoms with Gasteiger partial charge in [0, 0.05) is 20.4 Å². The van der Waals surface area contributed by atoms with Crippen LogP contribution in [0.15, 0.2) is 22.4 Å². The van der Waals surface area contributed by atoms with Crippen molar-refractivity contribution >= 4 is 33.2 Å². The average molecular weight is 224 g/mol. The molecule has 0 aliphatic rings. The van der Waals surface area contributed by atoms with Gasteiger partial charge < -0.3 is 5.11 Å². The molecule has 1 heterocycles. The van der Waals surface area contributed by atoms with E-state index in [1.807, 2.05) is 5.38 Å². The van der Waals surface area contributed by atoms with Gasteiger partial charge in [0.2, 0.25) is 0 Å². The maximum atomic E-state index is 9.65. The number of benzene rings is 1. The zero-order chi connectivity index (χ0) is 10.1. The van der Waals surface area contributed by atoms with E-state index >= 15 is 0 Å². The van der Waals surface area contributed by atoms with E-state index in [1.165, 1.54) is 15.2 Å². The van der Waals surface area contributed by atoms with Crippen molar-refractivity contribution in [3.05, 3.63) is 23.1 Å². The number of thiophene rings is 1. The summed E-state index contributed by atoms with van der Waals surface area (Å²) in [6.07, 6.45) is 3.08. The molecule has 0 aliphatic carbocycles. The van der Waals surface area contributed by atoms with Crippen molar-refractivity contribution in [2.75, 3.05) is 6.26 Å². The molecule has 0 bridgehead atoms. The Morgan fingerprint density at radius 2 is 2.21 bits per heavy atom. The number of aryl methyl sites for hydroxylation is 1. The van der Waals surface area contributed by atoms with Crippen molar-refractivity contribution in [1.29, 1.82) is 0 Å². The normalized spacial score (nSPS) is 11.0. The first-order valence-corrected chi connectivity index (χ1v) is 6.63. The summed E-state index contributed by atoms with van der Waals surface area (Å²) in [6.45, 7) is 2.15. The van der Waals surface area contributed by atoms with Crippen LogP contribution in [0.25, 0.3) is 10.1 Å². The van der Waals surface area contributed by atoms with Crippen LogP contribution in [-0.2, 0) is 6.42 Å². The minimum atomic E-state index is 0.413. The van der Waals surface area contributed by atoms with E-state index < -0.39 is 0 Å². The summed E-state index contributed by atoms with van der Waals surface area (Å²) in [7, 11) is 0. The Morgan fingerprint density at radius 1 is 1.43 bits per heavy atom. The molecule has 3 heteroatoms. The molecule has 0 atom stereocenters. The topological polar surface area (TPSA) is 20.2 Å². The van der Waals surface area contributed by atoms with Crippen LogP contribution in [0.2, 0.25) is 0 Å². The number of hydrogen-bond donors (Lipinski definition) is 1. The van der Waals surface area contributed by atoms with Crippen LogP contribution in [0.4, 0.5) is 0 Å². The van der Waals surface area contributed by atoms with E-state index in [9.17, 15) is 5.11 Å². The third-order valence-electron chi connectivity index (χ3n) is 2.32. The van der Waals surface area contributed by atoms with Gasteiger partial charge in [-0.25, -0.2) is 0 Å². The van der Waals surface area contributed by atoms with Crippen molar-refractivity contribution in [3.63, 3.8) is 0 Å². The molecule has 1 aromatic carbocycles. The van der Waals surface area contributed by atoms with Gasteiger partial charge in [0.1, 0.15) is 5.75 Å². The third-order valence-corrected chi connectivity index (χ3v) is 4.09. The van der Waals surface area contributed by atoms with Crippen LogP contribution in [0, 0.1) is 0 Å². The molecule has 0 unspecified atom stereocenters. The van der Waals surface area contributed by atoms with E-state index in [4.69, 9.17) is 0 Å². The maximum Gasteiger partial charge on any atom is 0.134 e. The van der Waals surface area contributed by atoms with Crippen molar-refractivity contribution in [3.8, 4) is 5.75 Å². The minimum absolute atomic E-state index is 0.413. The standard InChI is InChI=1S/C11H12OS2/c1-3-7-4-8(13-2)5-9-10(12)6-14-11(7)9/h4-6,12H,3H2,1-2H3. The Bertz CT molecular complexity index is 460. The van der Waals surface area contributed by atoms with Crippen LogP contribution in [-0.4, -0.2) is 11.4 Å². The van der Waals surface area contributed by atoms with E-state index in [1.54, 1.807) is 23.1 Å². The summed E-state index contributed by atoms with van der Waals surface area (Å²) in [5.74, 6) is 0.413. The molecule has 0 radical (unpaired) electrons. The summed E-state index contributed by atoms with van der Waals surface area (Å²) in [5.41, 5.74) is 1.33. The van der Waals surface area contributed by atoms with Crippen LogP contribution in [0.5, 0.6) is 5.75 Å². The Labute approximate surface area is 91.8 Å². The fourth-order valence-electron chi connectivity index (χ4n) is 1.55. The third kappa shape index (κ3) is 1.51. The summed E-state index contributed by atoms with van der Waals surface area (Å²) < 4.78 is 1.22. The minimum Gasteiger partial charge on any atom is -0.506 e. The Kier molecular flexibility index (Phi) is 2.70. The molecule has 1 nitrogen and oxygen atoms in total. The van der Waals surface area contributed by atoms with Crippen LogP contribution in [0.3, 0.4) is 0 Å². The molecule has 2 aromatic rings. The molecule has 1 N–H and O–H groups in total. The zero-order valence-corrected chi connectivity index (χ0v) is 9.84. The van der Waals surface area contributed by atoms with Gasteiger partial charge in [0.05, 0.1) is 0 Å². The predicted octanol–water partition coefficient (Wildman–Crippen LogP) is 3.89. The van der Waals surface area contributed by atoms with Gasteiger partial charge in [-0.2, -0.15) is 0 Å². The first-order chi connectivity index (χ1) is 6.76. The van der Waals surface area contributed by atoms with Gasteiger partial charge in [0.25, 0.3) is 0 Å². The second kappa shape index (κ2) is 3.83. The number of hydrogen-bond acceptors (Lipinski definition) is 3. The highest BCUT2D eigenvalue weighted by molar-refractivity contribution is 7.98. The van der Waals surface area contributed by atoms with Crippen molar-refractivity contribution in [2.24, 2.45) is 0 Å². The van der Waals surface area contributed by atoms with Crippen molar-refractivity contribution in [1.82, 2.24) is 0 Å². The fourth-order valence-corrected chi connectivity index (χ4v) is 3.05. The van der Waals surface area contributed by atoms with Crippen molar-refractivity contribution < 1.29 is 5.11 Å². The quantitative estimate of drug-likeness (QED) is 0.781. The summed E-state index contributed by atoms with van der Waals surface area (Å²) >= 11 is 3.34. The lowest BCUT2D eigenvalue weighted by Crippen LogP contribution is -1.81. The molecule has 0 saturated heterocycles. The highest BCUT2D eigenvalue weighted by Crippen LogP contribution is 2.36. The smallest absolute Gasteiger partial charge is 0.134 e. The Morgan fingerprint density at radius 3 is 2.86 bits per heavy atom. The van der Waals surface area contributed by atoms with E-state index in [0.717, 1.165) is 11.8 Å². The van der Waals surface area contributed by atoms with Crippen molar-refractivity contribution in [2.45, 2.75) is 18.2 Å². The Balaban J connectivity index is 2.76. The van der Waals surface area contributed by atoms with Gasteiger partial charge in [-0.15, -0.1) is 23.1 Å². The predicted molar refractivity (Wildman–Crippen MR) is 64.6 cm³/mol. The summed E-state index contributed by atoms with van der Waals surface area (Å²) in [4.78, 5) is 1.23. The highest BCUT2D eigenvalue weighted by atomic mass is 32.2. The highest BCUT2D eigenvalue weighted by Gasteiger charge is 2.07. The lowest BCUT2D eigenvalue weighted by molar-refractivity contribution is 0.483. The second-order valence-electron chi connectivity index (χ2n) is 3.14. The Hall–Kier alpha value is -0.670. The van der Waals surface area contributed by atoms with E-state index in [0.29, 0.717) is 5.75 Å². The molecule has 1 aromatic heterocycles. The molecule has 2 rings (SSSR count). The van der Waals surface area contributed by atoms with Gasteiger partial charge in [-0.1, -0.05) is 6.92 Å². The molecule has 74 valence electrons. The summed E-state index contributed by atoms with van der Waals surface area (Å²) in [5, 5.41) is 12.5. The molecular formula is C11H12OS2. The molecule has 0 spiro atoms. The van der Waals surface area contributed by atoms with Crippen LogP contribution < -0.4 is 0 Å². The van der Waals surface area contributed by atoms with Gasteiger partial charge in [-0.3, -0.25) is 0 Å². The molecule has 14 heavy (non-hydrogen) atoms. The fraction of sp³-hybridized carbons (Fsp3) is 0.273. The van der Waals surface area contributed by atoms with Gasteiger partial charge in [-0.05, 0) is 30.4 Å². The van der Waals surface area contributed by atoms with E-state index in [-0.39, 0.29) is 0 Å². The number of aromatic hydroxyl groups is 1. The first-order valence-electron chi connectivity index (χ1n) is 4.53. The molecule has 0 saturated carbocycles. The van der Waals surface area contributed by atoms with E-state index in [2.05, 4.69) is 25.3 Å². The van der Waals surface area contributed by atoms with Crippen LogP contribution >= 0.6 is 23.1 Å². The van der Waals surface area contributed by atoms with Crippen LogP contribution in [0.1, 0.15) is 12.5 Å². The number of thioether (sulfide) groups is 1. The second-order valence-corrected chi connectivity index (χ2v) is 4.90. The lowest BCUT2D eigenvalue weighted by atomic mass is 10.1. The number of fused-ring (bicyclic) bond motifs is 1. The molecule has 0 amide bonds. The molecule has 0 aliphatic heterocycles. The maximum absolute atomic E-state index is 9.65. The molecule has 0 fully saturated rings. The SMILES string of the molecule is CCc1cc(SC)cc2c(O)csc12. The molecular weight excluding hydrogens is 212 g/mol. The largest absolute Gasteiger partial charge is 0.506 e. The number of rotatable bonds is 2. The zero-order valence-electron chi connectivity index (χ0n) is 8.20. The lowest BCUT2D eigenvalue weighted by Gasteiger charge is -2.03. The van der Waals surface area contributed by atoms with Gasteiger partial charge in [0.15, 0.2) is 0 Å². The van der Waals surface area contributed by atoms with Gasteiger partial charge >= 0.3 is 0 Å². The summed E-state index contributed by atoms with van der Waals surface area (Å²) in [6, 6.07) is 4.27. The first kappa shape index (κ1) is 9.87. The monoisotopic (exact) mass is 224 g/mol.